The maximum absolute atomic E-state index is 10.3. The normalized spacial score (nSPS) is 12.4. The van der Waals surface area contributed by atoms with Crippen molar-refractivity contribution in [1.29, 1.82) is 0 Å². The molecule has 0 aliphatic heterocycles. The van der Waals surface area contributed by atoms with E-state index < -0.39 is 4.92 Å². The van der Waals surface area contributed by atoms with Crippen LogP contribution in [0.15, 0.2) is 18.3 Å². The molecule has 104 valence electrons. The van der Waals surface area contributed by atoms with Crippen molar-refractivity contribution in [3.63, 3.8) is 0 Å². The van der Waals surface area contributed by atoms with E-state index in [0.717, 1.165) is 12.6 Å². The molecular weight excluding hydrogens is 270 g/mol. The van der Waals surface area contributed by atoms with E-state index in [1.54, 1.807) is 12.1 Å². The highest BCUT2D eigenvalue weighted by Gasteiger charge is 2.13. The van der Waals surface area contributed by atoms with E-state index in [0.29, 0.717) is 22.1 Å². The zero-order chi connectivity index (χ0) is 14.4. The fraction of sp³-hybridized carbons (Fsp3) is 0.385. The first kappa shape index (κ1) is 15.3. The molecule has 0 aromatic heterocycles. The molecule has 0 aliphatic rings. The lowest BCUT2D eigenvalue weighted by molar-refractivity contribution is -0.400. The number of hydrogen-bond acceptors (Lipinski definition) is 4. The lowest BCUT2D eigenvalue weighted by Gasteiger charge is -2.17. The van der Waals surface area contributed by atoms with Crippen LogP contribution in [-0.2, 0) is 0 Å². The lowest BCUT2D eigenvalue weighted by atomic mass is 10.2. The third-order valence-electron chi connectivity index (χ3n) is 2.53. The van der Waals surface area contributed by atoms with E-state index in [9.17, 15) is 10.1 Å². The smallest absolute Gasteiger partial charge is 0.235 e. The minimum Gasteiger partial charge on any atom is -0.493 e. The monoisotopic (exact) mass is 285 g/mol. The number of halogens is 1. The summed E-state index contributed by atoms with van der Waals surface area (Å²) in [4.78, 5) is 9.76. The van der Waals surface area contributed by atoms with Gasteiger partial charge in [-0.05, 0) is 31.0 Å². The van der Waals surface area contributed by atoms with E-state index in [1.807, 2.05) is 13.8 Å². The third kappa shape index (κ3) is 4.44. The molecule has 0 saturated carbocycles. The summed E-state index contributed by atoms with van der Waals surface area (Å²) in [6.07, 6.45) is 3.04. The summed E-state index contributed by atoms with van der Waals surface area (Å²) in [5.41, 5.74) is 0.579. The van der Waals surface area contributed by atoms with Crippen LogP contribution in [0.2, 0.25) is 5.02 Å². The van der Waals surface area contributed by atoms with Crippen molar-refractivity contribution in [2.75, 3.05) is 7.11 Å². The quantitative estimate of drug-likeness (QED) is 0.589. The van der Waals surface area contributed by atoms with Crippen LogP contribution in [0.4, 0.5) is 0 Å². The Kier molecular flexibility index (Phi) is 5.63. The van der Waals surface area contributed by atoms with Crippen LogP contribution in [-0.4, -0.2) is 18.1 Å². The van der Waals surface area contributed by atoms with Gasteiger partial charge in [-0.3, -0.25) is 10.1 Å². The van der Waals surface area contributed by atoms with Gasteiger partial charge in [-0.15, -0.1) is 0 Å². The van der Waals surface area contributed by atoms with Gasteiger partial charge in [-0.25, -0.2) is 0 Å². The summed E-state index contributed by atoms with van der Waals surface area (Å²) in [7, 11) is 1.50. The second-order valence-corrected chi connectivity index (χ2v) is 4.38. The van der Waals surface area contributed by atoms with Gasteiger partial charge in [0.05, 0.1) is 23.2 Å². The Morgan fingerprint density at radius 2 is 2.21 bits per heavy atom. The summed E-state index contributed by atoms with van der Waals surface area (Å²) in [5, 5.41) is 10.7. The van der Waals surface area contributed by atoms with Gasteiger partial charge in [0.15, 0.2) is 11.5 Å². The maximum Gasteiger partial charge on any atom is 0.235 e. The summed E-state index contributed by atoms with van der Waals surface area (Å²) >= 11 is 6.12. The number of nitrogens with zero attached hydrogens (tertiary/aromatic N) is 1. The highest BCUT2D eigenvalue weighted by Crippen LogP contribution is 2.37. The molecule has 5 nitrogen and oxygen atoms in total. The van der Waals surface area contributed by atoms with E-state index in [1.165, 1.54) is 13.2 Å². The van der Waals surface area contributed by atoms with Crippen molar-refractivity contribution in [3.05, 3.63) is 39.0 Å². The van der Waals surface area contributed by atoms with E-state index in [-0.39, 0.29) is 6.10 Å². The van der Waals surface area contributed by atoms with Crippen molar-refractivity contribution in [2.24, 2.45) is 0 Å². The van der Waals surface area contributed by atoms with Crippen LogP contribution in [0.5, 0.6) is 11.5 Å². The molecule has 0 aliphatic carbocycles. The Balaban J connectivity index is 3.10. The predicted octanol–water partition coefficient (Wildman–Crippen LogP) is 3.77. The number of rotatable bonds is 6. The maximum atomic E-state index is 10.3. The van der Waals surface area contributed by atoms with Crippen LogP contribution in [0.3, 0.4) is 0 Å². The van der Waals surface area contributed by atoms with Crippen LogP contribution in [0, 0.1) is 10.1 Å². The van der Waals surface area contributed by atoms with Gasteiger partial charge in [0.1, 0.15) is 0 Å². The molecule has 0 saturated heterocycles. The van der Waals surface area contributed by atoms with Crippen molar-refractivity contribution >= 4 is 17.7 Å². The molecule has 0 bridgehead atoms. The number of methoxy groups -OCH3 is 1. The molecule has 0 heterocycles. The molecular formula is C13H16ClNO4. The Morgan fingerprint density at radius 3 is 2.74 bits per heavy atom. The molecule has 0 amide bonds. The minimum absolute atomic E-state index is 0.00608. The Hall–Kier alpha value is -1.75. The van der Waals surface area contributed by atoms with Gasteiger partial charge in [0.25, 0.3) is 0 Å². The second kappa shape index (κ2) is 6.99. The van der Waals surface area contributed by atoms with Crippen molar-refractivity contribution in [3.8, 4) is 11.5 Å². The van der Waals surface area contributed by atoms with E-state index >= 15 is 0 Å². The molecule has 1 rings (SSSR count). The van der Waals surface area contributed by atoms with Crippen LogP contribution >= 0.6 is 11.6 Å². The molecule has 1 aromatic rings. The second-order valence-electron chi connectivity index (χ2n) is 3.97. The van der Waals surface area contributed by atoms with Gasteiger partial charge in [-0.2, -0.15) is 0 Å². The van der Waals surface area contributed by atoms with Crippen LogP contribution in [0.25, 0.3) is 6.08 Å². The standard InChI is InChI=1S/C13H16ClNO4/c1-4-9(2)19-13-11(14)7-10(5-6-15(16)17)8-12(13)18-3/h5-9H,4H2,1-3H3/b6-5+. The first-order chi connectivity index (χ1) is 8.97. The van der Waals surface area contributed by atoms with Gasteiger partial charge in [0, 0.05) is 6.08 Å². The average Bonchev–Trinajstić information content (AvgIpc) is 2.38. The fourth-order valence-electron chi connectivity index (χ4n) is 1.38. The summed E-state index contributed by atoms with van der Waals surface area (Å²) < 4.78 is 10.9. The highest BCUT2D eigenvalue weighted by atomic mass is 35.5. The SMILES string of the molecule is CCC(C)Oc1c(Cl)cc(/C=C/[N+](=O)[O-])cc1OC. The highest BCUT2D eigenvalue weighted by molar-refractivity contribution is 6.32. The van der Waals surface area contributed by atoms with Gasteiger partial charge >= 0.3 is 0 Å². The number of nitro groups is 1. The van der Waals surface area contributed by atoms with E-state index in [4.69, 9.17) is 21.1 Å². The predicted molar refractivity (Wildman–Crippen MR) is 74.4 cm³/mol. The van der Waals surface area contributed by atoms with Crippen molar-refractivity contribution in [1.82, 2.24) is 0 Å². The van der Waals surface area contributed by atoms with Crippen molar-refractivity contribution in [2.45, 2.75) is 26.4 Å². The zero-order valence-corrected chi connectivity index (χ0v) is 11.8. The topological polar surface area (TPSA) is 61.6 Å². The van der Waals surface area contributed by atoms with Crippen molar-refractivity contribution < 1.29 is 14.4 Å². The lowest BCUT2D eigenvalue weighted by Crippen LogP contribution is -2.11. The first-order valence-corrected chi connectivity index (χ1v) is 6.21. The summed E-state index contributed by atoms with van der Waals surface area (Å²) in [6.45, 7) is 3.93. The van der Waals surface area contributed by atoms with Gasteiger partial charge in [0.2, 0.25) is 6.20 Å². The summed E-state index contributed by atoms with van der Waals surface area (Å²) in [6, 6.07) is 3.24. The molecule has 1 unspecified atom stereocenters. The van der Waals surface area contributed by atoms with E-state index in [2.05, 4.69) is 0 Å². The number of benzene rings is 1. The Morgan fingerprint density at radius 1 is 1.53 bits per heavy atom. The summed E-state index contributed by atoms with van der Waals surface area (Å²) in [5.74, 6) is 0.910. The molecule has 0 N–H and O–H groups in total. The zero-order valence-electron chi connectivity index (χ0n) is 11.1. The van der Waals surface area contributed by atoms with Crippen LogP contribution < -0.4 is 9.47 Å². The van der Waals surface area contributed by atoms with Gasteiger partial charge < -0.3 is 9.47 Å². The first-order valence-electron chi connectivity index (χ1n) is 5.83. The van der Waals surface area contributed by atoms with Crippen LogP contribution in [0.1, 0.15) is 25.8 Å². The Labute approximate surface area is 116 Å². The molecule has 1 aromatic carbocycles. The number of ether oxygens (including phenoxy) is 2. The average molecular weight is 286 g/mol. The fourth-order valence-corrected chi connectivity index (χ4v) is 1.65. The van der Waals surface area contributed by atoms with Gasteiger partial charge in [-0.1, -0.05) is 18.5 Å². The third-order valence-corrected chi connectivity index (χ3v) is 2.82. The molecule has 6 heteroatoms. The molecule has 19 heavy (non-hydrogen) atoms. The molecule has 1 atom stereocenters. The Bertz CT molecular complexity index is 488. The largest absolute Gasteiger partial charge is 0.493 e. The minimum atomic E-state index is -0.538. The molecule has 0 spiro atoms. The molecule has 0 fully saturated rings. The molecule has 0 radical (unpaired) electrons. The number of hydrogen-bond donors (Lipinski definition) is 0.